The molecule has 1 unspecified atom stereocenters. The summed E-state index contributed by atoms with van der Waals surface area (Å²) in [7, 11) is 0. The normalized spacial score (nSPS) is 14.2. The molecule has 1 heterocycles. The number of halogens is 2. The van der Waals surface area contributed by atoms with Gasteiger partial charge in [-0.25, -0.2) is 4.79 Å². The van der Waals surface area contributed by atoms with E-state index in [9.17, 15) is 18.4 Å². The number of carbonyl (C=O) groups is 2. The number of amides is 1. The standard InChI is InChI=1S/C19H17F2NO3S/c1-12(17(23)22-11-10-13-6-2-4-8-15(13)22)25-18(24)14-7-3-5-9-16(14)26-19(20)21/h2-9,12,19H,10-11H2,1H3. The second-order valence-corrected chi connectivity index (χ2v) is 6.82. The van der Waals surface area contributed by atoms with Crippen molar-refractivity contribution in [2.45, 2.75) is 30.1 Å². The Kier molecular flexibility index (Phi) is 5.56. The van der Waals surface area contributed by atoms with Crippen LogP contribution in [0.5, 0.6) is 0 Å². The molecular formula is C19H17F2NO3S. The lowest BCUT2D eigenvalue weighted by molar-refractivity contribution is -0.126. The highest BCUT2D eigenvalue weighted by molar-refractivity contribution is 7.99. The first-order valence-electron chi connectivity index (χ1n) is 8.11. The fraction of sp³-hybridized carbons (Fsp3) is 0.263. The monoisotopic (exact) mass is 377 g/mol. The number of fused-ring (bicyclic) bond motifs is 1. The van der Waals surface area contributed by atoms with Crippen molar-refractivity contribution in [3.05, 3.63) is 59.7 Å². The average molecular weight is 377 g/mol. The number of rotatable bonds is 5. The lowest BCUT2D eigenvalue weighted by Gasteiger charge is -2.22. The fourth-order valence-corrected chi connectivity index (χ4v) is 3.52. The van der Waals surface area contributed by atoms with E-state index in [1.54, 1.807) is 17.0 Å². The highest BCUT2D eigenvalue weighted by Gasteiger charge is 2.30. The smallest absolute Gasteiger partial charge is 0.340 e. The average Bonchev–Trinajstić information content (AvgIpc) is 3.05. The van der Waals surface area contributed by atoms with Crippen molar-refractivity contribution in [2.75, 3.05) is 11.4 Å². The van der Waals surface area contributed by atoms with E-state index in [0.717, 1.165) is 17.7 Å². The maximum absolute atomic E-state index is 12.7. The van der Waals surface area contributed by atoms with E-state index >= 15 is 0 Å². The van der Waals surface area contributed by atoms with Crippen molar-refractivity contribution in [2.24, 2.45) is 0 Å². The zero-order chi connectivity index (χ0) is 18.7. The zero-order valence-electron chi connectivity index (χ0n) is 14.0. The maximum Gasteiger partial charge on any atom is 0.340 e. The number of benzene rings is 2. The molecule has 1 aliphatic heterocycles. The molecule has 0 N–H and O–H groups in total. The molecule has 7 heteroatoms. The number of esters is 1. The molecule has 0 fully saturated rings. The first kappa shape index (κ1) is 18.4. The molecule has 0 aliphatic carbocycles. The van der Waals surface area contributed by atoms with Crippen LogP contribution in [0.2, 0.25) is 0 Å². The van der Waals surface area contributed by atoms with Crippen LogP contribution in [0.25, 0.3) is 0 Å². The molecule has 1 aliphatic rings. The Hall–Kier alpha value is -2.41. The lowest BCUT2D eigenvalue weighted by atomic mass is 10.2. The van der Waals surface area contributed by atoms with Crippen LogP contribution in [0.4, 0.5) is 14.5 Å². The summed E-state index contributed by atoms with van der Waals surface area (Å²) in [6.45, 7) is 2.02. The molecule has 0 spiro atoms. The second kappa shape index (κ2) is 7.86. The number of hydrogen-bond donors (Lipinski definition) is 0. The number of carbonyl (C=O) groups excluding carboxylic acids is 2. The first-order chi connectivity index (χ1) is 12.5. The van der Waals surface area contributed by atoms with Crippen LogP contribution < -0.4 is 4.90 Å². The van der Waals surface area contributed by atoms with Gasteiger partial charge in [-0.1, -0.05) is 42.1 Å². The summed E-state index contributed by atoms with van der Waals surface area (Å²) in [5.41, 5.74) is 1.91. The molecule has 136 valence electrons. The van der Waals surface area contributed by atoms with Crippen molar-refractivity contribution in [3.8, 4) is 0 Å². The van der Waals surface area contributed by atoms with Gasteiger partial charge in [0.25, 0.3) is 11.7 Å². The van der Waals surface area contributed by atoms with Gasteiger partial charge in [0.15, 0.2) is 6.10 Å². The number of hydrogen-bond acceptors (Lipinski definition) is 4. The van der Waals surface area contributed by atoms with E-state index in [0.29, 0.717) is 6.54 Å². The van der Waals surface area contributed by atoms with Crippen LogP contribution in [-0.4, -0.2) is 30.3 Å². The van der Waals surface area contributed by atoms with Gasteiger partial charge in [-0.15, -0.1) is 0 Å². The van der Waals surface area contributed by atoms with Crippen LogP contribution in [0.1, 0.15) is 22.8 Å². The third-order valence-electron chi connectivity index (χ3n) is 4.11. The number of para-hydroxylation sites is 1. The van der Waals surface area contributed by atoms with Crippen LogP contribution in [0, 0.1) is 0 Å². The summed E-state index contributed by atoms with van der Waals surface area (Å²) in [5, 5.41) is 0. The molecule has 1 atom stereocenters. The number of ether oxygens (including phenoxy) is 1. The Morgan fingerprint density at radius 3 is 2.58 bits per heavy atom. The van der Waals surface area contributed by atoms with Crippen LogP contribution in [0.3, 0.4) is 0 Å². The summed E-state index contributed by atoms with van der Waals surface area (Å²) in [6.07, 6.45) is -0.269. The summed E-state index contributed by atoms with van der Waals surface area (Å²) in [4.78, 5) is 26.7. The van der Waals surface area contributed by atoms with E-state index in [-0.39, 0.29) is 28.1 Å². The zero-order valence-corrected chi connectivity index (χ0v) is 14.8. The third-order valence-corrected chi connectivity index (χ3v) is 4.90. The van der Waals surface area contributed by atoms with Gasteiger partial charge in [0.1, 0.15) is 0 Å². The highest BCUT2D eigenvalue weighted by Crippen LogP contribution is 2.30. The Balaban J connectivity index is 1.71. The van der Waals surface area contributed by atoms with Gasteiger partial charge < -0.3 is 9.64 Å². The van der Waals surface area contributed by atoms with Gasteiger partial charge >= 0.3 is 5.97 Å². The Bertz CT molecular complexity index is 828. The molecule has 4 nitrogen and oxygen atoms in total. The fourth-order valence-electron chi connectivity index (χ4n) is 2.90. The minimum absolute atomic E-state index is 0.0271. The third kappa shape index (κ3) is 3.88. The molecule has 0 saturated heterocycles. The van der Waals surface area contributed by atoms with Crippen LogP contribution >= 0.6 is 11.8 Å². The molecule has 2 aromatic rings. The van der Waals surface area contributed by atoms with E-state index in [1.165, 1.54) is 19.1 Å². The SMILES string of the molecule is CC(OC(=O)c1ccccc1SC(F)F)C(=O)N1CCc2ccccc21. The van der Waals surface area contributed by atoms with Gasteiger partial charge in [-0.05, 0) is 37.1 Å². The van der Waals surface area contributed by atoms with E-state index in [1.807, 2.05) is 24.3 Å². The van der Waals surface area contributed by atoms with Crippen LogP contribution in [-0.2, 0) is 16.0 Å². The second-order valence-electron chi connectivity index (χ2n) is 5.79. The molecular weight excluding hydrogens is 360 g/mol. The largest absolute Gasteiger partial charge is 0.449 e. The van der Waals surface area contributed by atoms with Crippen molar-refractivity contribution < 1.29 is 23.1 Å². The first-order valence-corrected chi connectivity index (χ1v) is 8.99. The topological polar surface area (TPSA) is 46.6 Å². The number of alkyl halides is 2. The molecule has 2 aromatic carbocycles. The van der Waals surface area contributed by atoms with E-state index in [2.05, 4.69) is 0 Å². The Labute approximate surface area is 154 Å². The van der Waals surface area contributed by atoms with Crippen molar-refractivity contribution in [3.63, 3.8) is 0 Å². The molecule has 1 amide bonds. The highest BCUT2D eigenvalue weighted by atomic mass is 32.2. The van der Waals surface area contributed by atoms with Gasteiger partial charge in [-0.2, -0.15) is 8.78 Å². The molecule has 0 aromatic heterocycles. The number of nitrogens with zero attached hydrogens (tertiary/aromatic N) is 1. The van der Waals surface area contributed by atoms with E-state index in [4.69, 9.17) is 4.74 Å². The maximum atomic E-state index is 12.7. The van der Waals surface area contributed by atoms with E-state index < -0.39 is 17.8 Å². The van der Waals surface area contributed by atoms with Gasteiger partial charge in [0, 0.05) is 17.1 Å². The number of thioether (sulfide) groups is 1. The summed E-state index contributed by atoms with van der Waals surface area (Å²) in [5.74, 6) is -3.77. The summed E-state index contributed by atoms with van der Waals surface area (Å²) in [6, 6.07) is 13.5. The molecule has 0 bridgehead atoms. The van der Waals surface area contributed by atoms with Crippen molar-refractivity contribution in [1.29, 1.82) is 0 Å². The van der Waals surface area contributed by atoms with Crippen molar-refractivity contribution >= 4 is 29.3 Å². The molecule has 0 radical (unpaired) electrons. The van der Waals surface area contributed by atoms with Crippen LogP contribution in [0.15, 0.2) is 53.4 Å². The van der Waals surface area contributed by atoms with Crippen molar-refractivity contribution in [1.82, 2.24) is 0 Å². The van der Waals surface area contributed by atoms with Gasteiger partial charge in [0.2, 0.25) is 0 Å². The molecule has 0 saturated carbocycles. The number of anilines is 1. The predicted octanol–water partition coefficient (Wildman–Crippen LogP) is 4.14. The van der Waals surface area contributed by atoms with Gasteiger partial charge in [0.05, 0.1) is 5.56 Å². The summed E-state index contributed by atoms with van der Waals surface area (Å²) >= 11 is 0.275. The molecule has 3 rings (SSSR count). The molecule has 26 heavy (non-hydrogen) atoms. The predicted molar refractivity (Wildman–Crippen MR) is 95.7 cm³/mol. The minimum Gasteiger partial charge on any atom is -0.449 e. The lowest BCUT2D eigenvalue weighted by Crippen LogP contribution is -2.39. The summed E-state index contributed by atoms with van der Waals surface area (Å²) < 4.78 is 30.6. The Morgan fingerprint density at radius 1 is 1.12 bits per heavy atom. The van der Waals surface area contributed by atoms with Gasteiger partial charge in [-0.3, -0.25) is 4.79 Å². The minimum atomic E-state index is -2.65. The quantitative estimate of drug-likeness (QED) is 0.581. The Morgan fingerprint density at radius 2 is 1.81 bits per heavy atom.